The third kappa shape index (κ3) is 4.80. The minimum atomic E-state index is -3.47. The molecule has 0 N–H and O–H groups in total. The SMILES string of the molecule is COC(=O)CC(C(C(=O)OC)C(=O)OC)C(C)(F)F. The molecule has 0 spiro atoms. The average molecular weight is 282 g/mol. The second-order valence-corrected chi connectivity index (χ2v) is 3.87. The Morgan fingerprint density at radius 3 is 1.68 bits per heavy atom. The third-order valence-corrected chi connectivity index (χ3v) is 2.58. The van der Waals surface area contributed by atoms with E-state index < -0.39 is 42.1 Å². The Labute approximate surface area is 109 Å². The first-order chi connectivity index (χ1) is 8.68. The fourth-order valence-corrected chi connectivity index (χ4v) is 1.53. The molecule has 19 heavy (non-hydrogen) atoms. The Kier molecular flexibility index (Phi) is 6.37. The minimum absolute atomic E-state index is 0.499. The minimum Gasteiger partial charge on any atom is -0.469 e. The molecule has 0 fully saturated rings. The van der Waals surface area contributed by atoms with Crippen LogP contribution in [0.1, 0.15) is 13.3 Å². The van der Waals surface area contributed by atoms with Crippen molar-refractivity contribution in [3.05, 3.63) is 0 Å². The first kappa shape index (κ1) is 17.3. The summed E-state index contributed by atoms with van der Waals surface area (Å²) in [5.41, 5.74) is 0. The lowest BCUT2D eigenvalue weighted by Gasteiger charge is -2.27. The van der Waals surface area contributed by atoms with E-state index in [4.69, 9.17) is 0 Å². The van der Waals surface area contributed by atoms with Crippen molar-refractivity contribution in [3.63, 3.8) is 0 Å². The second-order valence-electron chi connectivity index (χ2n) is 3.87. The summed E-state index contributed by atoms with van der Waals surface area (Å²) in [4.78, 5) is 34.1. The van der Waals surface area contributed by atoms with E-state index in [0.717, 1.165) is 21.3 Å². The van der Waals surface area contributed by atoms with Gasteiger partial charge in [-0.2, -0.15) is 0 Å². The van der Waals surface area contributed by atoms with E-state index in [2.05, 4.69) is 14.2 Å². The molecule has 0 aliphatic carbocycles. The molecule has 0 saturated carbocycles. The largest absolute Gasteiger partial charge is 0.469 e. The molecule has 0 aromatic heterocycles. The zero-order valence-electron chi connectivity index (χ0n) is 11.1. The molecule has 110 valence electrons. The van der Waals surface area contributed by atoms with Crippen LogP contribution in [0.2, 0.25) is 0 Å². The summed E-state index contributed by atoms with van der Waals surface area (Å²) in [5, 5.41) is 0. The number of halogens is 2. The van der Waals surface area contributed by atoms with Gasteiger partial charge >= 0.3 is 17.9 Å². The van der Waals surface area contributed by atoms with Crippen LogP contribution in [-0.4, -0.2) is 45.2 Å². The van der Waals surface area contributed by atoms with Crippen LogP contribution in [-0.2, 0) is 28.6 Å². The molecule has 1 atom stereocenters. The Hall–Kier alpha value is -1.73. The van der Waals surface area contributed by atoms with Crippen molar-refractivity contribution in [3.8, 4) is 0 Å². The zero-order valence-corrected chi connectivity index (χ0v) is 11.1. The van der Waals surface area contributed by atoms with E-state index >= 15 is 0 Å². The van der Waals surface area contributed by atoms with Crippen molar-refractivity contribution in [1.82, 2.24) is 0 Å². The highest BCUT2D eigenvalue weighted by Crippen LogP contribution is 2.34. The van der Waals surface area contributed by atoms with E-state index in [1.807, 2.05) is 0 Å². The first-order valence-corrected chi connectivity index (χ1v) is 5.29. The fourth-order valence-electron chi connectivity index (χ4n) is 1.53. The van der Waals surface area contributed by atoms with Crippen molar-refractivity contribution >= 4 is 17.9 Å². The number of esters is 3. The van der Waals surface area contributed by atoms with Gasteiger partial charge in [-0.1, -0.05) is 0 Å². The van der Waals surface area contributed by atoms with E-state index in [1.54, 1.807) is 0 Å². The zero-order chi connectivity index (χ0) is 15.2. The standard InChI is InChI=1S/C11H16F2O6/c1-11(12,13)6(5-7(14)17-2)8(9(15)18-3)10(16)19-4/h6,8H,5H2,1-4H3. The van der Waals surface area contributed by atoms with Gasteiger partial charge in [0, 0.05) is 0 Å². The van der Waals surface area contributed by atoms with Gasteiger partial charge in [0.2, 0.25) is 5.92 Å². The van der Waals surface area contributed by atoms with E-state index in [-0.39, 0.29) is 0 Å². The van der Waals surface area contributed by atoms with Crippen LogP contribution in [0, 0.1) is 11.8 Å². The summed E-state index contributed by atoms with van der Waals surface area (Å²) in [6.07, 6.45) is -0.811. The van der Waals surface area contributed by atoms with Crippen molar-refractivity contribution in [2.24, 2.45) is 11.8 Å². The molecule has 0 aliphatic heterocycles. The molecule has 0 bridgehead atoms. The molecule has 0 amide bonds. The van der Waals surface area contributed by atoms with Gasteiger partial charge in [0.05, 0.1) is 33.7 Å². The maximum atomic E-state index is 13.5. The maximum absolute atomic E-state index is 13.5. The second kappa shape index (κ2) is 7.01. The van der Waals surface area contributed by atoms with E-state index in [1.165, 1.54) is 0 Å². The predicted octanol–water partition coefficient (Wildman–Crippen LogP) is 0.783. The number of hydrogen-bond donors (Lipinski definition) is 0. The predicted molar refractivity (Wildman–Crippen MR) is 58.3 cm³/mol. The lowest BCUT2D eigenvalue weighted by molar-refractivity contribution is -0.172. The molecule has 0 aromatic rings. The van der Waals surface area contributed by atoms with Crippen LogP contribution in [0.15, 0.2) is 0 Å². The van der Waals surface area contributed by atoms with Gasteiger partial charge in [-0.15, -0.1) is 0 Å². The number of carbonyl (C=O) groups is 3. The van der Waals surface area contributed by atoms with Gasteiger partial charge < -0.3 is 14.2 Å². The Morgan fingerprint density at radius 1 is 1.00 bits per heavy atom. The van der Waals surface area contributed by atoms with Crippen LogP contribution in [0.3, 0.4) is 0 Å². The van der Waals surface area contributed by atoms with Crippen molar-refractivity contribution in [2.75, 3.05) is 21.3 Å². The van der Waals surface area contributed by atoms with Crippen LogP contribution in [0.5, 0.6) is 0 Å². The van der Waals surface area contributed by atoms with Crippen molar-refractivity contribution in [1.29, 1.82) is 0 Å². The molecule has 8 heteroatoms. The van der Waals surface area contributed by atoms with E-state index in [9.17, 15) is 23.2 Å². The summed E-state index contributed by atoms with van der Waals surface area (Å²) in [7, 11) is 2.90. The first-order valence-electron chi connectivity index (χ1n) is 5.29. The fraction of sp³-hybridized carbons (Fsp3) is 0.727. The van der Waals surface area contributed by atoms with Gasteiger partial charge in [0.25, 0.3) is 0 Å². The number of methoxy groups -OCH3 is 3. The number of alkyl halides is 2. The summed E-state index contributed by atoms with van der Waals surface area (Å²) >= 11 is 0. The average Bonchev–Trinajstić information content (AvgIpc) is 2.35. The van der Waals surface area contributed by atoms with Gasteiger partial charge in [-0.3, -0.25) is 14.4 Å². The lowest BCUT2D eigenvalue weighted by Crippen LogP contribution is -2.42. The summed E-state index contributed by atoms with van der Waals surface area (Å²) < 4.78 is 39.9. The number of rotatable bonds is 6. The smallest absolute Gasteiger partial charge is 0.320 e. The highest BCUT2D eigenvalue weighted by molar-refractivity contribution is 5.95. The highest BCUT2D eigenvalue weighted by atomic mass is 19.3. The van der Waals surface area contributed by atoms with Gasteiger partial charge in [-0.25, -0.2) is 8.78 Å². The van der Waals surface area contributed by atoms with Crippen molar-refractivity contribution < 1.29 is 37.4 Å². The van der Waals surface area contributed by atoms with Gasteiger partial charge in [0.1, 0.15) is 0 Å². The highest BCUT2D eigenvalue weighted by Gasteiger charge is 2.49. The third-order valence-electron chi connectivity index (χ3n) is 2.58. The molecular weight excluding hydrogens is 266 g/mol. The van der Waals surface area contributed by atoms with Crippen LogP contribution >= 0.6 is 0 Å². The summed E-state index contributed by atoms with van der Waals surface area (Å²) in [6, 6.07) is 0. The molecule has 0 rings (SSSR count). The Bertz CT molecular complexity index is 334. The molecule has 0 aliphatic rings. The van der Waals surface area contributed by atoms with Crippen molar-refractivity contribution in [2.45, 2.75) is 19.3 Å². The van der Waals surface area contributed by atoms with E-state index in [0.29, 0.717) is 6.92 Å². The van der Waals surface area contributed by atoms with Gasteiger partial charge in [0.15, 0.2) is 5.92 Å². The summed E-state index contributed by atoms with van der Waals surface area (Å²) in [6.45, 7) is 0.499. The molecule has 0 heterocycles. The van der Waals surface area contributed by atoms with Crippen LogP contribution in [0.4, 0.5) is 8.78 Å². The number of ether oxygens (including phenoxy) is 3. The topological polar surface area (TPSA) is 78.9 Å². The maximum Gasteiger partial charge on any atom is 0.320 e. The van der Waals surface area contributed by atoms with Crippen LogP contribution < -0.4 is 0 Å². The Morgan fingerprint density at radius 2 is 1.42 bits per heavy atom. The summed E-state index contributed by atoms with van der Waals surface area (Å²) in [5.74, 6) is -10.6. The Balaban J connectivity index is 5.42. The molecule has 0 saturated heterocycles. The quantitative estimate of drug-likeness (QED) is 0.407. The number of hydrogen-bond acceptors (Lipinski definition) is 6. The monoisotopic (exact) mass is 282 g/mol. The molecular formula is C11H16F2O6. The van der Waals surface area contributed by atoms with Gasteiger partial charge in [-0.05, 0) is 6.92 Å². The lowest BCUT2D eigenvalue weighted by atomic mass is 9.84. The normalized spacial score (nSPS) is 12.8. The molecule has 1 unspecified atom stereocenters. The number of carbonyl (C=O) groups excluding carboxylic acids is 3. The molecule has 0 radical (unpaired) electrons. The van der Waals surface area contributed by atoms with Crippen LogP contribution in [0.25, 0.3) is 0 Å². The molecule has 0 aromatic carbocycles. The molecule has 6 nitrogen and oxygen atoms in total.